The minimum atomic E-state index is -0.474. The van der Waals surface area contributed by atoms with E-state index < -0.39 is 5.41 Å². The molecule has 0 spiro atoms. The minimum absolute atomic E-state index is 0.186. The van der Waals surface area contributed by atoms with Crippen LogP contribution in [-0.4, -0.2) is 46.4 Å². The summed E-state index contributed by atoms with van der Waals surface area (Å²) in [7, 11) is 1.42. The molecular weight excluding hydrogens is 370 g/mol. The Labute approximate surface area is 176 Å². The lowest BCUT2D eigenvalue weighted by Gasteiger charge is -2.30. The SMILES string of the molecule is CN(O)C(=O)C(C)(C)CCCCCC1C2CCC(O2)C1CSC1CCCCC1. The molecule has 0 aromatic rings. The zero-order valence-electron chi connectivity index (χ0n) is 18.2. The zero-order valence-corrected chi connectivity index (χ0v) is 19.0. The van der Waals surface area contributed by atoms with E-state index in [0.29, 0.717) is 12.2 Å². The van der Waals surface area contributed by atoms with Gasteiger partial charge in [0.2, 0.25) is 0 Å². The number of rotatable bonds is 10. The van der Waals surface area contributed by atoms with Crippen molar-refractivity contribution in [3.05, 3.63) is 0 Å². The van der Waals surface area contributed by atoms with Gasteiger partial charge in [-0.1, -0.05) is 52.4 Å². The average molecular weight is 412 g/mol. The molecule has 3 fully saturated rings. The van der Waals surface area contributed by atoms with Crippen molar-refractivity contribution in [2.75, 3.05) is 12.8 Å². The molecule has 1 saturated carbocycles. The number of hydrogen-bond donors (Lipinski definition) is 1. The van der Waals surface area contributed by atoms with Gasteiger partial charge in [0.15, 0.2) is 0 Å². The van der Waals surface area contributed by atoms with Gasteiger partial charge in [-0.2, -0.15) is 11.8 Å². The molecular formula is C23H41NO3S. The number of hydroxylamine groups is 2. The van der Waals surface area contributed by atoms with Crippen LogP contribution in [0.5, 0.6) is 0 Å². The number of fused-ring (bicyclic) bond motifs is 2. The molecule has 1 aliphatic carbocycles. The van der Waals surface area contributed by atoms with Crippen LogP contribution in [0.25, 0.3) is 0 Å². The molecule has 4 unspecified atom stereocenters. The van der Waals surface area contributed by atoms with Crippen molar-refractivity contribution in [3.63, 3.8) is 0 Å². The number of thioether (sulfide) groups is 1. The molecule has 162 valence electrons. The van der Waals surface area contributed by atoms with Gasteiger partial charge >= 0.3 is 0 Å². The maximum absolute atomic E-state index is 12.0. The standard InChI is InChI=1S/C23H41NO3S/c1-23(2,22(25)24(3)26)15-9-5-8-12-18-19(21-14-13-20(18)27-21)16-28-17-10-6-4-7-11-17/h17-21,26H,4-16H2,1-3H3. The summed E-state index contributed by atoms with van der Waals surface area (Å²) in [4.78, 5) is 12.0. The Balaban J connectivity index is 1.38. The van der Waals surface area contributed by atoms with Gasteiger partial charge in [0.1, 0.15) is 0 Å². The maximum Gasteiger partial charge on any atom is 0.251 e. The first kappa shape index (κ1) is 22.4. The Kier molecular flexibility index (Phi) is 8.14. The third-order valence-electron chi connectivity index (χ3n) is 7.38. The average Bonchev–Trinajstić information content (AvgIpc) is 3.28. The first-order chi connectivity index (χ1) is 13.4. The van der Waals surface area contributed by atoms with E-state index in [1.807, 2.05) is 13.8 Å². The molecule has 2 aliphatic heterocycles. The van der Waals surface area contributed by atoms with E-state index in [4.69, 9.17) is 4.74 Å². The zero-order chi connectivity index (χ0) is 20.1. The first-order valence-electron chi connectivity index (χ1n) is 11.6. The Bertz CT molecular complexity index is 504. The Hall–Kier alpha value is -0.260. The van der Waals surface area contributed by atoms with E-state index in [-0.39, 0.29) is 5.91 Å². The van der Waals surface area contributed by atoms with Crippen LogP contribution in [0.1, 0.15) is 90.9 Å². The van der Waals surface area contributed by atoms with E-state index >= 15 is 0 Å². The number of hydrogen-bond acceptors (Lipinski definition) is 4. The number of ether oxygens (including phenoxy) is 1. The predicted molar refractivity (Wildman–Crippen MR) is 116 cm³/mol. The van der Waals surface area contributed by atoms with Crippen molar-refractivity contribution in [1.82, 2.24) is 5.06 Å². The summed E-state index contributed by atoms with van der Waals surface area (Å²) >= 11 is 2.25. The summed E-state index contributed by atoms with van der Waals surface area (Å²) in [6, 6.07) is 0. The third-order valence-corrected chi connectivity index (χ3v) is 8.90. The summed E-state index contributed by atoms with van der Waals surface area (Å²) in [5.74, 6) is 2.65. The Morgan fingerprint density at radius 3 is 2.39 bits per heavy atom. The lowest BCUT2D eigenvalue weighted by atomic mass is 9.77. The van der Waals surface area contributed by atoms with Crippen molar-refractivity contribution in [2.45, 2.75) is 108 Å². The van der Waals surface area contributed by atoms with E-state index in [0.717, 1.165) is 35.0 Å². The molecule has 2 heterocycles. The van der Waals surface area contributed by atoms with Crippen LogP contribution in [0.3, 0.4) is 0 Å². The molecule has 1 N–H and O–H groups in total. The topological polar surface area (TPSA) is 49.8 Å². The molecule has 1 amide bonds. The maximum atomic E-state index is 12.0. The van der Waals surface area contributed by atoms with E-state index in [2.05, 4.69) is 11.8 Å². The summed E-state index contributed by atoms with van der Waals surface area (Å²) < 4.78 is 6.32. The fraction of sp³-hybridized carbons (Fsp3) is 0.957. The van der Waals surface area contributed by atoms with Crippen molar-refractivity contribution in [3.8, 4) is 0 Å². The number of carbonyl (C=O) groups is 1. The Morgan fingerprint density at radius 1 is 1.04 bits per heavy atom. The molecule has 2 saturated heterocycles. The van der Waals surface area contributed by atoms with Crippen LogP contribution in [-0.2, 0) is 9.53 Å². The highest BCUT2D eigenvalue weighted by Crippen LogP contribution is 2.47. The van der Waals surface area contributed by atoms with Crippen molar-refractivity contribution < 1.29 is 14.7 Å². The van der Waals surface area contributed by atoms with Gasteiger partial charge in [-0.15, -0.1) is 0 Å². The van der Waals surface area contributed by atoms with Gasteiger partial charge in [0.05, 0.1) is 12.2 Å². The van der Waals surface area contributed by atoms with Gasteiger partial charge in [0.25, 0.3) is 5.91 Å². The molecule has 2 bridgehead atoms. The van der Waals surface area contributed by atoms with Crippen LogP contribution < -0.4 is 0 Å². The fourth-order valence-corrected chi connectivity index (χ4v) is 7.27. The van der Waals surface area contributed by atoms with Crippen molar-refractivity contribution in [1.29, 1.82) is 0 Å². The largest absolute Gasteiger partial charge is 0.374 e. The van der Waals surface area contributed by atoms with Crippen molar-refractivity contribution >= 4 is 17.7 Å². The number of carbonyl (C=O) groups excluding carboxylic acids is 1. The van der Waals surface area contributed by atoms with E-state index in [9.17, 15) is 10.0 Å². The molecule has 0 aromatic heterocycles. The summed E-state index contributed by atoms with van der Waals surface area (Å²) in [6.45, 7) is 3.87. The molecule has 4 nitrogen and oxygen atoms in total. The third kappa shape index (κ3) is 5.66. The smallest absolute Gasteiger partial charge is 0.251 e. The first-order valence-corrected chi connectivity index (χ1v) is 12.7. The molecule has 3 aliphatic rings. The van der Waals surface area contributed by atoms with Crippen LogP contribution in [0.2, 0.25) is 0 Å². The molecule has 0 radical (unpaired) electrons. The minimum Gasteiger partial charge on any atom is -0.374 e. The van der Waals surface area contributed by atoms with Crippen LogP contribution in [0.15, 0.2) is 0 Å². The number of amides is 1. The van der Waals surface area contributed by atoms with Crippen molar-refractivity contribution in [2.24, 2.45) is 17.3 Å². The highest BCUT2D eigenvalue weighted by atomic mass is 32.2. The summed E-state index contributed by atoms with van der Waals surface area (Å²) in [5, 5.41) is 11.0. The molecule has 3 rings (SSSR count). The van der Waals surface area contributed by atoms with Crippen LogP contribution in [0.4, 0.5) is 0 Å². The second-order valence-electron chi connectivity index (χ2n) is 10.0. The second kappa shape index (κ2) is 10.2. The lowest BCUT2D eigenvalue weighted by molar-refractivity contribution is -0.169. The fourth-order valence-electron chi connectivity index (χ4n) is 5.65. The van der Waals surface area contributed by atoms with Gasteiger partial charge in [-0.05, 0) is 56.1 Å². The monoisotopic (exact) mass is 411 g/mol. The van der Waals surface area contributed by atoms with E-state index in [1.165, 1.54) is 77.0 Å². The number of unbranched alkanes of at least 4 members (excludes halogenated alkanes) is 2. The second-order valence-corrected chi connectivity index (χ2v) is 11.4. The number of nitrogens with zero attached hydrogens (tertiary/aromatic N) is 1. The van der Waals surface area contributed by atoms with E-state index in [1.54, 1.807) is 0 Å². The Morgan fingerprint density at radius 2 is 1.71 bits per heavy atom. The molecule has 0 aromatic carbocycles. The molecule has 5 heteroatoms. The lowest BCUT2D eigenvalue weighted by Crippen LogP contribution is -2.36. The van der Waals surface area contributed by atoms with Gasteiger partial charge in [-0.3, -0.25) is 10.0 Å². The predicted octanol–water partition coefficient (Wildman–Crippen LogP) is 5.67. The van der Waals surface area contributed by atoms with Gasteiger partial charge < -0.3 is 4.74 Å². The molecule has 28 heavy (non-hydrogen) atoms. The highest BCUT2D eigenvalue weighted by Gasteiger charge is 2.48. The molecule has 4 atom stereocenters. The van der Waals surface area contributed by atoms with Gasteiger partial charge in [-0.25, -0.2) is 5.06 Å². The van der Waals surface area contributed by atoms with Crippen LogP contribution in [0, 0.1) is 17.3 Å². The highest BCUT2D eigenvalue weighted by molar-refractivity contribution is 7.99. The normalized spacial score (nSPS) is 30.7. The van der Waals surface area contributed by atoms with Crippen LogP contribution >= 0.6 is 11.8 Å². The summed E-state index contributed by atoms with van der Waals surface area (Å²) in [6.07, 6.45) is 16.3. The quantitative estimate of drug-likeness (QED) is 0.286. The summed E-state index contributed by atoms with van der Waals surface area (Å²) in [5.41, 5.74) is -0.474. The van der Waals surface area contributed by atoms with Gasteiger partial charge in [0, 0.05) is 17.7 Å².